The highest BCUT2D eigenvalue weighted by Crippen LogP contribution is 2.37. The molecule has 184 valence electrons. The molecule has 0 fully saturated rings. The third-order valence-corrected chi connectivity index (χ3v) is 5.69. The van der Waals surface area contributed by atoms with Gasteiger partial charge in [-0.1, -0.05) is 29.3 Å². The molecule has 2 N–H and O–H groups in total. The predicted octanol–water partition coefficient (Wildman–Crippen LogP) is 5.80. The van der Waals surface area contributed by atoms with Gasteiger partial charge in [-0.25, -0.2) is 4.72 Å². The second kappa shape index (κ2) is 9.98. The van der Waals surface area contributed by atoms with Crippen LogP contribution in [0.3, 0.4) is 0 Å². The number of hydrogen-bond donors (Lipinski definition) is 2. The Kier molecular flexibility index (Phi) is 7.43. The monoisotopic (exact) mass is 549 g/mol. The molecule has 0 spiro atoms. The zero-order chi connectivity index (χ0) is 26.0. The summed E-state index contributed by atoms with van der Waals surface area (Å²) in [5, 5.41) is 11.1. The Hall–Kier alpha value is -3.55. The first-order valence-electron chi connectivity index (χ1n) is 9.19. The summed E-state index contributed by atoms with van der Waals surface area (Å²) in [6.07, 6.45) is -4.65. The molecule has 0 aliphatic carbocycles. The summed E-state index contributed by atoms with van der Waals surface area (Å²) in [6.45, 7) is 0. The fraction of sp³-hybridized carbons (Fsp3) is 0.0500. The van der Waals surface area contributed by atoms with E-state index in [2.05, 4.69) is 0 Å². The summed E-state index contributed by atoms with van der Waals surface area (Å²) in [7, 11) is -4.54. The van der Waals surface area contributed by atoms with Crippen molar-refractivity contribution in [1.82, 2.24) is 4.72 Å². The number of rotatable bonds is 7. The topological polar surface area (TPSA) is 128 Å². The van der Waals surface area contributed by atoms with E-state index in [0.29, 0.717) is 12.1 Å². The van der Waals surface area contributed by atoms with Crippen LogP contribution in [0.25, 0.3) is 0 Å². The zero-order valence-electron chi connectivity index (χ0n) is 17.0. The molecule has 0 aliphatic rings. The Morgan fingerprint density at radius 3 is 2.34 bits per heavy atom. The first-order valence-corrected chi connectivity index (χ1v) is 11.4. The van der Waals surface area contributed by atoms with Gasteiger partial charge in [0.15, 0.2) is 0 Å². The maximum Gasteiger partial charge on any atom is 0.416 e. The lowest BCUT2D eigenvalue weighted by molar-refractivity contribution is -0.385. The molecule has 9 nitrogen and oxygen atoms in total. The summed E-state index contributed by atoms with van der Waals surface area (Å²) < 4.78 is 72.1. The van der Waals surface area contributed by atoms with Crippen LogP contribution in [0.4, 0.5) is 24.5 Å². The number of benzene rings is 3. The van der Waals surface area contributed by atoms with E-state index in [0.717, 1.165) is 24.3 Å². The Bertz CT molecular complexity index is 1420. The van der Waals surface area contributed by atoms with E-state index in [1.165, 1.54) is 24.3 Å². The summed E-state index contributed by atoms with van der Waals surface area (Å²) in [4.78, 5) is 23.0. The molecule has 0 saturated carbocycles. The molecule has 3 rings (SSSR count). The molecule has 0 bridgehead atoms. The Balaban J connectivity index is 1.88. The van der Waals surface area contributed by atoms with Crippen molar-refractivity contribution in [2.24, 2.45) is 0 Å². The van der Waals surface area contributed by atoms with Crippen LogP contribution < -0.4 is 14.2 Å². The number of ether oxygens (including phenoxy) is 1. The molecule has 0 heterocycles. The van der Waals surface area contributed by atoms with Gasteiger partial charge in [-0.2, -0.15) is 21.6 Å². The summed E-state index contributed by atoms with van der Waals surface area (Å²) >= 11 is 11.6. The largest absolute Gasteiger partial charge is 0.456 e. The normalized spacial score (nSPS) is 11.6. The molecule has 35 heavy (non-hydrogen) atoms. The Morgan fingerprint density at radius 2 is 1.74 bits per heavy atom. The standard InChI is InChI=1S/C20H12Cl2F3N3O6S/c21-12-2-1-3-13(9-12)26-35(32,33)27-19(29)15-10-14(5-6-17(15)28(30)31)34-18-7-4-11(8-16(18)22)20(23,24)25/h1-10,26H,(H,27,29). The van der Waals surface area contributed by atoms with Crippen LogP contribution in [-0.2, 0) is 16.4 Å². The molecule has 1 amide bonds. The SMILES string of the molecule is O=C(NS(=O)(=O)Nc1cccc(Cl)c1)c1cc(Oc2ccc(C(F)(F)F)cc2Cl)ccc1[N+](=O)[O-]. The number of alkyl halides is 3. The van der Waals surface area contributed by atoms with Crippen molar-refractivity contribution in [3.05, 3.63) is 92.0 Å². The van der Waals surface area contributed by atoms with E-state index >= 15 is 0 Å². The quantitative estimate of drug-likeness (QED) is 0.283. The number of hydrogen-bond acceptors (Lipinski definition) is 6. The molecule has 0 aliphatic heterocycles. The van der Waals surface area contributed by atoms with Crippen molar-refractivity contribution < 1.29 is 36.0 Å². The maximum absolute atomic E-state index is 12.8. The van der Waals surface area contributed by atoms with Crippen molar-refractivity contribution in [3.63, 3.8) is 0 Å². The van der Waals surface area contributed by atoms with Gasteiger partial charge in [0.2, 0.25) is 0 Å². The number of nitro groups is 1. The van der Waals surface area contributed by atoms with Crippen molar-refractivity contribution in [2.45, 2.75) is 6.18 Å². The van der Waals surface area contributed by atoms with E-state index in [1.807, 2.05) is 4.72 Å². The lowest BCUT2D eigenvalue weighted by atomic mass is 10.1. The average Bonchev–Trinajstić information content (AvgIpc) is 2.73. The molecule has 0 aromatic heterocycles. The average molecular weight is 550 g/mol. The molecule has 3 aromatic carbocycles. The van der Waals surface area contributed by atoms with Crippen LogP contribution in [0, 0.1) is 10.1 Å². The van der Waals surface area contributed by atoms with E-state index in [9.17, 15) is 36.5 Å². The lowest BCUT2D eigenvalue weighted by Crippen LogP contribution is -2.35. The molecular weight excluding hydrogens is 538 g/mol. The molecular formula is C20H12Cl2F3N3O6S. The Morgan fingerprint density at radius 1 is 1.03 bits per heavy atom. The molecule has 0 saturated heterocycles. The van der Waals surface area contributed by atoms with Gasteiger partial charge in [0.1, 0.15) is 17.1 Å². The number of nitro benzene ring substituents is 1. The summed E-state index contributed by atoms with van der Waals surface area (Å²) in [6, 6.07) is 10.5. The Labute approximate surface area is 205 Å². The van der Waals surface area contributed by atoms with Gasteiger partial charge in [-0.15, -0.1) is 0 Å². The smallest absolute Gasteiger partial charge is 0.416 e. The summed E-state index contributed by atoms with van der Waals surface area (Å²) in [5.74, 6) is -1.85. The van der Waals surface area contributed by atoms with Crippen LogP contribution >= 0.6 is 23.2 Å². The predicted molar refractivity (Wildman–Crippen MR) is 121 cm³/mol. The van der Waals surface area contributed by atoms with Gasteiger partial charge in [0.05, 0.1) is 21.2 Å². The van der Waals surface area contributed by atoms with Crippen LogP contribution in [0.2, 0.25) is 10.0 Å². The van der Waals surface area contributed by atoms with Crippen LogP contribution in [0.1, 0.15) is 15.9 Å². The number of carbonyl (C=O) groups is 1. The minimum atomic E-state index is -4.65. The number of anilines is 1. The highest BCUT2D eigenvalue weighted by molar-refractivity contribution is 7.91. The number of nitrogens with one attached hydrogen (secondary N) is 2. The van der Waals surface area contributed by atoms with E-state index in [-0.39, 0.29) is 22.2 Å². The second-order valence-electron chi connectivity index (χ2n) is 6.73. The molecule has 3 aromatic rings. The van der Waals surface area contributed by atoms with Crippen LogP contribution in [0.15, 0.2) is 60.7 Å². The van der Waals surface area contributed by atoms with Crippen molar-refractivity contribution in [2.75, 3.05) is 4.72 Å². The first-order chi connectivity index (χ1) is 16.2. The van der Waals surface area contributed by atoms with Gasteiger partial charge in [-0.3, -0.25) is 19.6 Å². The number of carbonyl (C=O) groups excluding carboxylic acids is 1. The number of nitrogens with zero attached hydrogens (tertiary/aromatic N) is 1. The molecule has 0 unspecified atom stereocenters. The van der Waals surface area contributed by atoms with E-state index in [4.69, 9.17) is 27.9 Å². The third-order valence-electron chi connectivity index (χ3n) is 4.20. The molecule has 0 radical (unpaired) electrons. The number of amides is 1. The molecule has 15 heteroatoms. The van der Waals surface area contributed by atoms with Gasteiger partial charge in [-0.05, 0) is 42.5 Å². The molecule has 0 atom stereocenters. The lowest BCUT2D eigenvalue weighted by Gasteiger charge is -2.13. The third kappa shape index (κ3) is 6.74. The van der Waals surface area contributed by atoms with Gasteiger partial charge in [0, 0.05) is 17.2 Å². The highest BCUT2D eigenvalue weighted by Gasteiger charge is 2.31. The second-order valence-corrected chi connectivity index (χ2v) is 8.99. The maximum atomic E-state index is 12.8. The van der Waals surface area contributed by atoms with Gasteiger partial charge in [0.25, 0.3) is 11.6 Å². The van der Waals surface area contributed by atoms with E-state index < -0.39 is 49.1 Å². The summed E-state index contributed by atoms with van der Waals surface area (Å²) in [5.41, 5.74) is -2.48. The van der Waals surface area contributed by atoms with Crippen molar-refractivity contribution in [3.8, 4) is 11.5 Å². The van der Waals surface area contributed by atoms with Crippen LogP contribution in [-0.4, -0.2) is 19.2 Å². The zero-order valence-corrected chi connectivity index (χ0v) is 19.3. The minimum absolute atomic E-state index is 0.0151. The number of halogens is 5. The van der Waals surface area contributed by atoms with Gasteiger partial charge >= 0.3 is 16.4 Å². The fourth-order valence-electron chi connectivity index (χ4n) is 2.72. The van der Waals surface area contributed by atoms with Gasteiger partial charge < -0.3 is 4.74 Å². The first kappa shape index (κ1) is 26.1. The van der Waals surface area contributed by atoms with Crippen molar-refractivity contribution >= 4 is 50.7 Å². The van der Waals surface area contributed by atoms with E-state index in [1.54, 1.807) is 4.72 Å². The highest BCUT2D eigenvalue weighted by atomic mass is 35.5. The van der Waals surface area contributed by atoms with Crippen molar-refractivity contribution in [1.29, 1.82) is 0 Å². The minimum Gasteiger partial charge on any atom is -0.456 e. The van der Waals surface area contributed by atoms with Crippen LogP contribution in [0.5, 0.6) is 11.5 Å². The fourth-order valence-corrected chi connectivity index (χ4v) is 3.97.